The van der Waals surface area contributed by atoms with Crippen LogP contribution >= 0.6 is 0 Å². The summed E-state index contributed by atoms with van der Waals surface area (Å²) >= 11 is 0. The number of furan rings is 1. The number of aryl methyl sites for hydroxylation is 1. The maximum Gasteiger partial charge on any atom is 0.292 e. The summed E-state index contributed by atoms with van der Waals surface area (Å²) in [6.07, 6.45) is 2.92. The van der Waals surface area contributed by atoms with Crippen molar-refractivity contribution in [1.82, 2.24) is 4.98 Å². The van der Waals surface area contributed by atoms with Gasteiger partial charge in [-0.15, -0.1) is 0 Å². The van der Waals surface area contributed by atoms with E-state index in [1.54, 1.807) is 18.2 Å². The number of aromatic nitrogens is 1. The maximum atomic E-state index is 11.7. The van der Waals surface area contributed by atoms with Crippen LogP contribution in [0.4, 0.5) is 11.5 Å². The van der Waals surface area contributed by atoms with Crippen molar-refractivity contribution in [2.45, 2.75) is 13.8 Å². The van der Waals surface area contributed by atoms with Gasteiger partial charge in [0.25, 0.3) is 5.91 Å². The van der Waals surface area contributed by atoms with Crippen LogP contribution < -0.4 is 10.6 Å². The third kappa shape index (κ3) is 3.19. The van der Waals surface area contributed by atoms with Gasteiger partial charge in [-0.25, -0.2) is 4.98 Å². The fourth-order valence-electron chi connectivity index (χ4n) is 1.53. The molecule has 0 aliphatic rings. The zero-order chi connectivity index (χ0) is 13.8. The molecule has 0 fully saturated rings. The molecule has 0 aliphatic heterocycles. The lowest BCUT2D eigenvalue weighted by Crippen LogP contribution is -2.13. The highest BCUT2D eigenvalue weighted by molar-refractivity contribution is 6.01. The summed E-state index contributed by atoms with van der Waals surface area (Å²) in [6.45, 7) is 3.24. The molecule has 0 bridgehead atoms. The van der Waals surface area contributed by atoms with E-state index in [1.165, 1.54) is 19.4 Å². The molecule has 0 saturated heterocycles. The van der Waals surface area contributed by atoms with E-state index in [-0.39, 0.29) is 17.6 Å². The Bertz CT molecular complexity index is 606. The van der Waals surface area contributed by atoms with Crippen molar-refractivity contribution in [1.29, 1.82) is 0 Å². The van der Waals surface area contributed by atoms with Crippen molar-refractivity contribution in [3.63, 3.8) is 0 Å². The molecule has 0 unspecified atom stereocenters. The molecule has 19 heavy (non-hydrogen) atoms. The number of carbonyl (C=O) groups excluding carboxylic acids is 2. The van der Waals surface area contributed by atoms with Crippen molar-refractivity contribution in [3.8, 4) is 0 Å². The lowest BCUT2D eigenvalue weighted by molar-refractivity contribution is -0.114. The Morgan fingerprint density at radius 1 is 1.32 bits per heavy atom. The van der Waals surface area contributed by atoms with Crippen molar-refractivity contribution in [3.05, 3.63) is 42.0 Å². The van der Waals surface area contributed by atoms with Gasteiger partial charge in [-0.2, -0.15) is 0 Å². The number of carbonyl (C=O) groups is 2. The van der Waals surface area contributed by atoms with Gasteiger partial charge in [0, 0.05) is 6.92 Å². The first-order chi connectivity index (χ1) is 9.06. The fourth-order valence-corrected chi connectivity index (χ4v) is 1.53. The molecule has 0 spiro atoms. The zero-order valence-corrected chi connectivity index (χ0v) is 10.6. The highest BCUT2D eigenvalue weighted by atomic mass is 16.3. The van der Waals surface area contributed by atoms with Crippen molar-refractivity contribution < 1.29 is 14.0 Å². The largest absolute Gasteiger partial charge is 0.459 e. The van der Waals surface area contributed by atoms with Gasteiger partial charge in [-0.05, 0) is 30.7 Å². The first-order valence-electron chi connectivity index (χ1n) is 5.65. The van der Waals surface area contributed by atoms with E-state index in [4.69, 9.17) is 4.42 Å². The summed E-state index contributed by atoms with van der Waals surface area (Å²) in [5.74, 6) is 0.0693. The average molecular weight is 259 g/mol. The summed E-state index contributed by atoms with van der Waals surface area (Å²) in [5.41, 5.74) is 1.42. The Balaban J connectivity index is 2.12. The van der Waals surface area contributed by atoms with Crippen LogP contribution in [0.15, 0.2) is 35.1 Å². The third-order valence-electron chi connectivity index (χ3n) is 2.41. The Kier molecular flexibility index (Phi) is 3.61. The summed E-state index contributed by atoms with van der Waals surface area (Å²) in [7, 11) is 0. The molecule has 2 aromatic heterocycles. The predicted octanol–water partition coefficient (Wildman–Crippen LogP) is 2.19. The maximum absolute atomic E-state index is 11.7. The molecule has 0 aromatic carbocycles. The molecule has 0 radical (unpaired) electrons. The molecule has 0 aliphatic carbocycles. The van der Waals surface area contributed by atoms with Crippen LogP contribution in [-0.2, 0) is 4.79 Å². The number of amides is 2. The highest BCUT2D eigenvalue weighted by Crippen LogP contribution is 2.17. The lowest BCUT2D eigenvalue weighted by Gasteiger charge is -2.08. The summed E-state index contributed by atoms with van der Waals surface area (Å²) in [4.78, 5) is 26.8. The fraction of sp³-hybridized carbons (Fsp3) is 0.154. The number of nitrogens with zero attached hydrogens (tertiary/aromatic N) is 1. The molecular formula is C13H13N3O3. The normalized spacial score (nSPS) is 10.0. The Hall–Kier alpha value is -2.63. The molecule has 0 saturated carbocycles. The minimum absolute atomic E-state index is 0.169. The monoisotopic (exact) mass is 259 g/mol. The number of hydrogen-bond acceptors (Lipinski definition) is 4. The van der Waals surface area contributed by atoms with Gasteiger partial charge in [-0.3, -0.25) is 9.59 Å². The van der Waals surface area contributed by atoms with Gasteiger partial charge in [0.1, 0.15) is 5.82 Å². The second-order valence-corrected chi connectivity index (χ2v) is 4.00. The smallest absolute Gasteiger partial charge is 0.292 e. The Labute approximate surface area is 109 Å². The van der Waals surface area contributed by atoms with Gasteiger partial charge in [0.15, 0.2) is 5.76 Å². The van der Waals surface area contributed by atoms with Crippen LogP contribution in [0.1, 0.15) is 23.0 Å². The van der Waals surface area contributed by atoms with E-state index in [9.17, 15) is 9.59 Å². The molecule has 6 nitrogen and oxygen atoms in total. The van der Waals surface area contributed by atoms with E-state index in [0.717, 1.165) is 5.56 Å². The van der Waals surface area contributed by atoms with Gasteiger partial charge in [0.2, 0.25) is 5.91 Å². The highest BCUT2D eigenvalue weighted by Gasteiger charge is 2.10. The Morgan fingerprint density at radius 3 is 2.68 bits per heavy atom. The predicted molar refractivity (Wildman–Crippen MR) is 69.9 cm³/mol. The number of anilines is 2. The minimum atomic E-state index is -0.371. The summed E-state index contributed by atoms with van der Waals surface area (Å²) in [5, 5.41) is 5.26. The lowest BCUT2D eigenvalue weighted by atomic mass is 10.2. The van der Waals surface area contributed by atoms with Crippen molar-refractivity contribution >= 4 is 23.3 Å². The zero-order valence-electron chi connectivity index (χ0n) is 10.6. The second-order valence-electron chi connectivity index (χ2n) is 4.00. The molecule has 2 rings (SSSR count). The van der Waals surface area contributed by atoms with Gasteiger partial charge < -0.3 is 15.1 Å². The molecule has 2 heterocycles. The Morgan fingerprint density at radius 2 is 2.11 bits per heavy atom. The number of rotatable bonds is 3. The summed E-state index contributed by atoms with van der Waals surface area (Å²) in [6, 6.07) is 4.87. The number of nitrogens with one attached hydrogen (secondary N) is 2. The number of pyridine rings is 1. The molecule has 2 N–H and O–H groups in total. The van der Waals surface area contributed by atoms with Crippen LogP contribution in [0.5, 0.6) is 0 Å². The van der Waals surface area contributed by atoms with Gasteiger partial charge >= 0.3 is 0 Å². The van der Waals surface area contributed by atoms with Crippen LogP contribution in [0.25, 0.3) is 0 Å². The van der Waals surface area contributed by atoms with Gasteiger partial charge in [-0.1, -0.05) is 0 Å². The van der Waals surface area contributed by atoms with E-state index in [1.807, 2.05) is 6.92 Å². The number of hydrogen-bond donors (Lipinski definition) is 2. The van der Waals surface area contributed by atoms with Crippen LogP contribution in [0.2, 0.25) is 0 Å². The van der Waals surface area contributed by atoms with E-state index >= 15 is 0 Å². The van der Waals surface area contributed by atoms with Crippen LogP contribution in [0, 0.1) is 6.92 Å². The SMILES string of the molecule is CC(=O)Nc1cnc(NC(=O)c2ccco2)cc1C. The standard InChI is InChI=1S/C13H13N3O3/c1-8-6-12(14-7-10(8)15-9(2)17)16-13(18)11-4-3-5-19-11/h3-7H,1-2H3,(H,15,17)(H,14,16,18). The first-order valence-corrected chi connectivity index (χ1v) is 5.65. The molecule has 98 valence electrons. The molecule has 2 aromatic rings. The summed E-state index contributed by atoms with van der Waals surface area (Å²) < 4.78 is 4.98. The van der Waals surface area contributed by atoms with Crippen molar-refractivity contribution in [2.24, 2.45) is 0 Å². The van der Waals surface area contributed by atoms with E-state index in [0.29, 0.717) is 11.5 Å². The second kappa shape index (κ2) is 5.34. The molecule has 6 heteroatoms. The van der Waals surface area contributed by atoms with E-state index < -0.39 is 0 Å². The third-order valence-corrected chi connectivity index (χ3v) is 2.41. The van der Waals surface area contributed by atoms with Crippen molar-refractivity contribution in [2.75, 3.05) is 10.6 Å². The minimum Gasteiger partial charge on any atom is -0.459 e. The van der Waals surface area contributed by atoms with E-state index in [2.05, 4.69) is 15.6 Å². The average Bonchev–Trinajstić information content (AvgIpc) is 2.86. The van der Waals surface area contributed by atoms with Crippen LogP contribution in [-0.4, -0.2) is 16.8 Å². The van der Waals surface area contributed by atoms with Gasteiger partial charge in [0.05, 0.1) is 18.1 Å². The molecular weight excluding hydrogens is 246 g/mol. The quantitative estimate of drug-likeness (QED) is 0.884. The molecule has 0 atom stereocenters. The first kappa shape index (κ1) is 12.8. The topological polar surface area (TPSA) is 84.2 Å². The molecule has 2 amide bonds. The van der Waals surface area contributed by atoms with Crippen LogP contribution in [0.3, 0.4) is 0 Å².